The van der Waals surface area contributed by atoms with Crippen molar-refractivity contribution in [2.24, 2.45) is 4.99 Å². The van der Waals surface area contributed by atoms with Crippen molar-refractivity contribution in [3.8, 4) is 0 Å². The van der Waals surface area contributed by atoms with Gasteiger partial charge in [0.05, 0.1) is 5.88 Å². The highest BCUT2D eigenvalue weighted by Gasteiger charge is 2.03. The zero-order valence-electron chi connectivity index (χ0n) is 5.32. The van der Waals surface area contributed by atoms with Gasteiger partial charge in [0.1, 0.15) is 5.03 Å². The summed E-state index contributed by atoms with van der Waals surface area (Å²) in [6.07, 6.45) is 3.68. The summed E-state index contributed by atoms with van der Waals surface area (Å²) < 4.78 is 0. The number of hydrogen-bond donors (Lipinski definition) is 0. The molecule has 0 aliphatic carbocycles. The first-order valence-corrected chi connectivity index (χ1v) is 4.03. The Balaban J connectivity index is 2.54. The van der Waals surface area contributed by atoms with Crippen LogP contribution < -0.4 is 0 Å². The van der Waals surface area contributed by atoms with Crippen molar-refractivity contribution in [1.29, 1.82) is 0 Å². The Morgan fingerprint density at radius 3 is 3.40 bits per heavy atom. The van der Waals surface area contributed by atoms with Gasteiger partial charge in [0.15, 0.2) is 0 Å². The SMILES string of the molecule is C1=NCSc2ncccc21. The molecule has 0 atom stereocenters. The molecular formula is C7H6N2S. The molecule has 0 saturated heterocycles. The molecule has 10 heavy (non-hydrogen) atoms. The molecule has 0 fully saturated rings. The maximum Gasteiger partial charge on any atom is 0.107 e. The van der Waals surface area contributed by atoms with Crippen LogP contribution in [-0.4, -0.2) is 17.1 Å². The van der Waals surface area contributed by atoms with E-state index in [9.17, 15) is 0 Å². The van der Waals surface area contributed by atoms with E-state index >= 15 is 0 Å². The van der Waals surface area contributed by atoms with E-state index in [0.717, 1.165) is 16.5 Å². The minimum Gasteiger partial charge on any atom is -0.281 e. The Kier molecular flexibility index (Phi) is 1.43. The molecule has 0 N–H and O–H groups in total. The van der Waals surface area contributed by atoms with Gasteiger partial charge in [-0.25, -0.2) is 4.98 Å². The highest BCUT2D eigenvalue weighted by atomic mass is 32.2. The molecule has 0 radical (unpaired) electrons. The second-order valence-corrected chi connectivity index (χ2v) is 2.92. The third-order valence-electron chi connectivity index (χ3n) is 1.31. The molecule has 0 spiro atoms. The molecule has 1 aromatic rings. The van der Waals surface area contributed by atoms with E-state index in [1.54, 1.807) is 11.8 Å². The fraction of sp³-hybridized carbons (Fsp3) is 0.143. The molecule has 0 bridgehead atoms. The Hall–Kier alpha value is -0.830. The van der Waals surface area contributed by atoms with Gasteiger partial charge in [0, 0.05) is 18.0 Å². The summed E-state index contributed by atoms with van der Waals surface area (Å²) in [6.45, 7) is 0. The molecule has 2 nitrogen and oxygen atoms in total. The number of rotatable bonds is 0. The highest BCUT2D eigenvalue weighted by molar-refractivity contribution is 7.99. The van der Waals surface area contributed by atoms with Gasteiger partial charge in [0.25, 0.3) is 0 Å². The average Bonchev–Trinajstić information content (AvgIpc) is 2.05. The monoisotopic (exact) mass is 150 g/mol. The molecular weight excluding hydrogens is 144 g/mol. The lowest BCUT2D eigenvalue weighted by Crippen LogP contribution is -1.94. The zero-order chi connectivity index (χ0) is 6.81. The van der Waals surface area contributed by atoms with Crippen LogP contribution in [0.15, 0.2) is 28.3 Å². The first-order chi connectivity index (χ1) is 4.97. The lowest BCUT2D eigenvalue weighted by molar-refractivity contribution is 1.11. The Morgan fingerprint density at radius 1 is 1.50 bits per heavy atom. The molecule has 3 heteroatoms. The van der Waals surface area contributed by atoms with Gasteiger partial charge in [-0.15, -0.1) is 0 Å². The molecule has 0 amide bonds. The van der Waals surface area contributed by atoms with Gasteiger partial charge >= 0.3 is 0 Å². The predicted octanol–water partition coefficient (Wildman–Crippen LogP) is 1.56. The van der Waals surface area contributed by atoms with Crippen LogP contribution in [0.2, 0.25) is 0 Å². The fourth-order valence-electron chi connectivity index (χ4n) is 0.856. The molecule has 0 aromatic carbocycles. The highest BCUT2D eigenvalue weighted by Crippen LogP contribution is 2.21. The minimum absolute atomic E-state index is 0.810. The van der Waals surface area contributed by atoms with E-state index in [-0.39, 0.29) is 0 Å². The number of nitrogens with zero attached hydrogens (tertiary/aromatic N) is 2. The maximum atomic E-state index is 4.19. The fourth-order valence-corrected chi connectivity index (χ4v) is 1.55. The second kappa shape index (κ2) is 2.42. The van der Waals surface area contributed by atoms with Crippen molar-refractivity contribution in [3.05, 3.63) is 23.9 Å². The van der Waals surface area contributed by atoms with Crippen molar-refractivity contribution < 1.29 is 0 Å². The van der Waals surface area contributed by atoms with Gasteiger partial charge in [-0.05, 0) is 12.1 Å². The largest absolute Gasteiger partial charge is 0.281 e. The van der Waals surface area contributed by atoms with Crippen LogP contribution in [0.25, 0.3) is 0 Å². The van der Waals surface area contributed by atoms with Crippen molar-refractivity contribution in [1.82, 2.24) is 4.98 Å². The van der Waals surface area contributed by atoms with Crippen LogP contribution in [0.3, 0.4) is 0 Å². The summed E-state index contributed by atoms with van der Waals surface area (Å²) in [5, 5.41) is 1.09. The van der Waals surface area contributed by atoms with Crippen LogP contribution in [0.4, 0.5) is 0 Å². The Labute approximate surface area is 63.4 Å². The van der Waals surface area contributed by atoms with Gasteiger partial charge < -0.3 is 0 Å². The molecule has 0 saturated carbocycles. The Morgan fingerprint density at radius 2 is 2.50 bits per heavy atom. The summed E-state index contributed by atoms with van der Waals surface area (Å²) in [4.78, 5) is 8.31. The van der Waals surface area contributed by atoms with Gasteiger partial charge in [0.2, 0.25) is 0 Å². The first-order valence-electron chi connectivity index (χ1n) is 3.04. The summed E-state index contributed by atoms with van der Waals surface area (Å²) in [7, 11) is 0. The maximum absolute atomic E-state index is 4.19. The second-order valence-electron chi connectivity index (χ2n) is 1.98. The molecule has 2 heterocycles. The number of aromatic nitrogens is 1. The Bertz CT molecular complexity index is 270. The van der Waals surface area contributed by atoms with E-state index in [2.05, 4.69) is 9.98 Å². The van der Waals surface area contributed by atoms with Gasteiger partial charge in [-0.1, -0.05) is 11.8 Å². The normalized spacial score (nSPS) is 14.8. The first kappa shape index (κ1) is 5.92. The van der Waals surface area contributed by atoms with E-state index in [1.807, 2.05) is 24.5 Å². The third kappa shape index (κ3) is 0.926. The van der Waals surface area contributed by atoms with Crippen molar-refractivity contribution in [3.63, 3.8) is 0 Å². The van der Waals surface area contributed by atoms with Crippen LogP contribution in [-0.2, 0) is 0 Å². The third-order valence-corrected chi connectivity index (χ3v) is 2.20. The molecule has 1 aliphatic heterocycles. The molecule has 1 aromatic heterocycles. The smallest absolute Gasteiger partial charge is 0.107 e. The summed E-state index contributed by atoms with van der Waals surface area (Å²) in [5.41, 5.74) is 1.14. The number of thioether (sulfide) groups is 1. The minimum atomic E-state index is 0.810. The molecule has 2 rings (SSSR count). The van der Waals surface area contributed by atoms with E-state index in [4.69, 9.17) is 0 Å². The van der Waals surface area contributed by atoms with E-state index < -0.39 is 0 Å². The predicted molar refractivity (Wildman–Crippen MR) is 42.6 cm³/mol. The van der Waals surface area contributed by atoms with Gasteiger partial charge in [-0.3, -0.25) is 4.99 Å². The van der Waals surface area contributed by atoms with Crippen LogP contribution >= 0.6 is 11.8 Å². The van der Waals surface area contributed by atoms with Crippen molar-refractivity contribution >= 4 is 18.0 Å². The van der Waals surface area contributed by atoms with Crippen molar-refractivity contribution in [2.75, 3.05) is 5.88 Å². The van der Waals surface area contributed by atoms with Crippen LogP contribution in [0.1, 0.15) is 5.56 Å². The van der Waals surface area contributed by atoms with Crippen LogP contribution in [0, 0.1) is 0 Å². The topological polar surface area (TPSA) is 25.2 Å². The summed E-state index contributed by atoms with van der Waals surface area (Å²) >= 11 is 1.68. The molecule has 50 valence electrons. The molecule has 1 aliphatic rings. The number of aliphatic imine (C=N–C) groups is 1. The number of hydrogen-bond acceptors (Lipinski definition) is 3. The number of pyridine rings is 1. The lowest BCUT2D eigenvalue weighted by atomic mass is 10.3. The quantitative estimate of drug-likeness (QED) is 0.560. The van der Waals surface area contributed by atoms with E-state index in [0.29, 0.717) is 0 Å². The standard InChI is InChI=1S/C7H6N2S/c1-2-6-4-8-5-10-7(6)9-3-1/h1-4H,5H2. The number of fused-ring (bicyclic) bond motifs is 1. The van der Waals surface area contributed by atoms with Crippen molar-refractivity contribution in [2.45, 2.75) is 5.03 Å². The zero-order valence-corrected chi connectivity index (χ0v) is 6.14. The summed E-state index contributed by atoms with van der Waals surface area (Å²) in [5.74, 6) is 0.810. The average molecular weight is 150 g/mol. The van der Waals surface area contributed by atoms with Crippen LogP contribution in [0.5, 0.6) is 0 Å². The van der Waals surface area contributed by atoms with E-state index in [1.165, 1.54) is 0 Å². The van der Waals surface area contributed by atoms with Gasteiger partial charge in [-0.2, -0.15) is 0 Å². The molecule has 0 unspecified atom stereocenters. The lowest BCUT2D eigenvalue weighted by Gasteiger charge is -2.05. The summed E-state index contributed by atoms with van der Waals surface area (Å²) in [6, 6.07) is 3.95.